The maximum absolute atomic E-state index is 13.4. The van der Waals surface area contributed by atoms with Gasteiger partial charge in [0, 0.05) is 10.0 Å². The number of halogens is 4. The molecule has 0 fully saturated rings. The van der Waals surface area contributed by atoms with Gasteiger partial charge < -0.3 is 4.74 Å². The van der Waals surface area contributed by atoms with Gasteiger partial charge in [0.1, 0.15) is 5.69 Å². The molecule has 1 aromatic rings. The van der Waals surface area contributed by atoms with Crippen molar-refractivity contribution >= 4 is 21.9 Å². The number of carbonyl (C=O) groups excluding carboxylic acids is 1. The zero-order valence-electron chi connectivity index (χ0n) is 8.84. The molecule has 0 atom stereocenters. The number of aromatic nitrogens is 1. The highest BCUT2D eigenvalue weighted by atomic mass is 79.9. The van der Waals surface area contributed by atoms with E-state index >= 15 is 0 Å². The van der Waals surface area contributed by atoms with E-state index < -0.39 is 24.0 Å². The quantitative estimate of drug-likeness (QED) is 0.634. The Morgan fingerprint density at radius 2 is 2.24 bits per heavy atom. The summed E-state index contributed by atoms with van der Waals surface area (Å²) in [7, 11) is 0. The second-order valence-corrected chi connectivity index (χ2v) is 3.94. The Balaban J connectivity index is 2.97. The van der Waals surface area contributed by atoms with Crippen molar-refractivity contribution in [2.75, 3.05) is 6.61 Å². The molecule has 0 aromatic carbocycles. The lowest BCUT2D eigenvalue weighted by Gasteiger charge is -2.07. The number of pyridine rings is 1. The summed E-state index contributed by atoms with van der Waals surface area (Å²) in [6.07, 6.45) is -3.21. The molecule has 0 saturated carbocycles. The average molecular weight is 312 g/mol. The maximum Gasteiger partial charge on any atom is 0.310 e. The predicted octanol–water partition coefficient (Wildman–Crippen LogP) is 3.03. The van der Waals surface area contributed by atoms with Crippen LogP contribution >= 0.6 is 15.9 Å². The summed E-state index contributed by atoms with van der Waals surface area (Å²) >= 11 is 2.92. The molecule has 0 aliphatic carbocycles. The second-order valence-electron chi connectivity index (χ2n) is 3.08. The standard InChI is InChI=1S/C10H9BrF3NO2/c1-2-17-8(16)3-5-6(11)4-7(9(12)13)15-10(5)14/h4,9H,2-3H2,1H3. The molecular weight excluding hydrogens is 303 g/mol. The smallest absolute Gasteiger partial charge is 0.310 e. The molecule has 1 heterocycles. The van der Waals surface area contributed by atoms with Crippen LogP contribution in [0, 0.1) is 5.95 Å². The van der Waals surface area contributed by atoms with E-state index in [-0.39, 0.29) is 23.1 Å². The Hall–Kier alpha value is -1.11. The van der Waals surface area contributed by atoms with Crippen LogP contribution in [0.15, 0.2) is 10.5 Å². The van der Waals surface area contributed by atoms with Crippen molar-refractivity contribution in [2.45, 2.75) is 19.8 Å². The molecule has 7 heteroatoms. The topological polar surface area (TPSA) is 39.2 Å². The monoisotopic (exact) mass is 311 g/mol. The van der Waals surface area contributed by atoms with Crippen LogP contribution in [-0.2, 0) is 16.0 Å². The zero-order valence-corrected chi connectivity index (χ0v) is 10.4. The van der Waals surface area contributed by atoms with E-state index in [2.05, 4.69) is 25.7 Å². The van der Waals surface area contributed by atoms with Gasteiger partial charge in [-0.3, -0.25) is 4.79 Å². The number of ether oxygens (including phenoxy) is 1. The molecule has 0 bridgehead atoms. The number of hydrogen-bond donors (Lipinski definition) is 0. The lowest BCUT2D eigenvalue weighted by molar-refractivity contribution is -0.142. The van der Waals surface area contributed by atoms with E-state index in [9.17, 15) is 18.0 Å². The highest BCUT2D eigenvalue weighted by molar-refractivity contribution is 9.10. The number of esters is 1. The first kappa shape index (κ1) is 14.0. The van der Waals surface area contributed by atoms with Crippen molar-refractivity contribution in [3.05, 3.63) is 27.7 Å². The number of rotatable bonds is 4. The Kier molecular flexibility index (Phi) is 4.92. The maximum atomic E-state index is 13.4. The molecular formula is C10H9BrF3NO2. The van der Waals surface area contributed by atoms with Gasteiger partial charge in [-0.05, 0) is 13.0 Å². The van der Waals surface area contributed by atoms with E-state index in [1.807, 2.05) is 0 Å². The van der Waals surface area contributed by atoms with Crippen LogP contribution in [-0.4, -0.2) is 17.6 Å². The van der Waals surface area contributed by atoms with Gasteiger partial charge >= 0.3 is 5.97 Å². The van der Waals surface area contributed by atoms with Crippen molar-refractivity contribution in [1.82, 2.24) is 4.98 Å². The van der Waals surface area contributed by atoms with Crippen LogP contribution in [0.1, 0.15) is 24.6 Å². The Labute approximate surface area is 104 Å². The second kappa shape index (κ2) is 6.00. The molecule has 0 aliphatic heterocycles. The summed E-state index contributed by atoms with van der Waals surface area (Å²) in [5, 5.41) is 0. The minimum Gasteiger partial charge on any atom is -0.466 e. The van der Waals surface area contributed by atoms with Crippen LogP contribution in [0.4, 0.5) is 13.2 Å². The summed E-state index contributed by atoms with van der Waals surface area (Å²) in [6, 6.07) is 0.988. The van der Waals surface area contributed by atoms with E-state index in [4.69, 9.17) is 0 Å². The van der Waals surface area contributed by atoms with Crippen LogP contribution < -0.4 is 0 Å². The van der Waals surface area contributed by atoms with Gasteiger partial charge in [0.15, 0.2) is 0 Å². The highest BCUT2D eigenvalue weighted by Gasteiger charge is 2.18. The molecule has 3 nitrogen and oxygen atoms in total. The first-order chi connectivity index (χ1) is 7.95. The minimum absolute atomic E-state index is 0.0772. The molecule has 0 radical (unpaired) electrons. The van der Waals surface area contributed by atoms with Crippen molar-refractivity contribution in [3.8, 4) is 0 Å². The Morgan fingerprint density at radius 3 is 2.71 bits per heavy atom. The van der Waals surface area contributed by atoms with E-state index in [0.29, 0.717) is 0 Å². The average Bonchev–Trinajstić information content (AvgIpc) is 2.23. The molecule has 1 rings (SSSR count). The van der Waals surface area contributed by atoms with Gasteiger partial charge in [0.2, 0.25) is 5.95 Å². The molecule has 17 heavy (non-hydrogen) atoms. The SMILES string of the molecule is CCOC(=O)Cc1c(Br)cc(C(F)F)nc1F. The van der Waals surface area contributed by atoms with Crippen molar-refractivity contribution < 1.29 is 22.7 Å². The van der Waals surface area contributed by atoms with E-state index in [1.165, 1.54) is 0 Å². The molecule has 0 spiro atoms. The number of carbonyl (C=O) groups is 1. The molecule has 0 N–H and O–H groups in total. The third-order valence-corrected chi connectivity index (χ3v) is 2.60. The summed E-state index contributed by atoms with van der Waals surface area (Å²) in [6.45, 7) is 1.78. The fourth-order valence-corrected chi connectivity index (χ4v) is 1.69. The van der Waals surface area contributed by atoms with E-state index in [1.54, 1.807) is 6.92 Å². The summed E-state index contributed by atoms with van der Waals surface area (Å²) in [5.74, 6) is -1.73. The normalized spacial score (nSPS) is 10.7. The van der Waals surface area contributed by atoms with Crippen molar-refractivity contribution in [1.29, 1.82) is 0 Å². The van der Waals surface area contributed by atoms with E-state index in [0.717, 1.165) is 6.07 Å². The summed E-state index contributed by atoms with van der Waals surface area (Å²) in [4.78, 5) is 14.2. The largest absolute Gasteiger partial charge is 0.466 e. The minimum atomic E-state index is -2.86. The van der Waals surface area contributed by atoms with Crippen LogP contribution in [0.3, 0.4) is 0 Å². The summed E-state index contributed by atoms with van der Waals surface area (Å²) in [5.41, 5.74) is -0.769. The molecule has 0 unspecified atom stereocenters. The first-order valence-corrected chi connectivity index (χ1v) is 5.53. The highest BCUT2D eigenvalue weighted by Crippen LogP contribution is 2.25. The number of alkyl halides is 2. The lowest BCUT2D eigenvalue weighted by Crippen LogP contribution is -2.11. The van der Waals surface area contributed by atoms with Gasteiger partial charge in [-0.25, -0.2) is 13.8 Å². The number of hydrogen-bond acceptors (Lipinski definition) is 3. The van der Waals surface area contributed by atoms with Crippen LogP contribution in [0.25, 0.3) is 0 Å². The molecule has 94 valence electrons. The zero-order chi connectivity index (χ0) is 13.0. The fraction of sp³-hybridized carbons (Fsp3) is 0.400. The summed E-state index contributed by atoms with van der Waals surface area (Å²) < 4.78 is 42.7. The Morgan fingerprint density at radius 1 is 1.59 bits per heavy atom. The van der Waals surface area contributed by atoms with Crippen LogP contribution in [0.5, 0.6) is 0 Å². The van der Waals surface area contributed by atoms with Gasteiger partial charge in [0.25, 0.3) is 6.43 Å². The fourth-order valence-electron chi connectivity index (χ4n) is 1.15. The van der Waals surface area contributed by atoms with Gasteiger partial charge in [-0.1, -0.05) is 15.9 Å². The number of nitrogens with zero attached hydrogens (tertiary/aromatic N) is 1. The third kappa shape index (κ3) is 3.69. The molecule has 0 amide bonds. The lowest BCUT2D eigenvalue weighted by atomic mass is 10.2. The third-order valence-electron chi connectivity index (χ3n) is 1.89. The van der Waals surface area contributed by atoms with Crippen LogP contribution in [0.2, 0.25) is 0 Å². The first-order valence-electron chi connectivity index (χ1n) is 4.74. The van der Waals surface area contributed by atoms with Crippen molar-refractivity contribution in [3.63, 3.8) is 0 Å². The molecule has 0 aliphatic rings. The van der Waals surface area contributed by atoms with Crippen molar-refractivity contribution in [2.24, 2.45) is 0 Å². The Bertz CT molecular complexity index is 403. The van der Waals surface area contributed by atoms with Gasteiger partial charge in [-0.2, -0.15) is 4.39 Å². The predicted molar refractivity (Wildman–Crippen MR) is 57.2 cm³/mol. The molecule has 1 aromatic heterocycles. The van der Waals surface area contributed by atoms with Gasteiger partial charge in [-0.15, -0.1) is 0 Å². The molecule has 0 saturated heterocycles. The van der Waals surface area contributed by atoms with Gasteiger partial charge in [0.05, 0.1) is 13.0 Å².